The van der Waals surface area contributed by atoms with Gasteiger partial charge in [0.25, 0.3) is 0 Å². The third-order valence-electron chi connectivity index (χ3n) is 5.07. The van der Waals surface area contributed by atoms with Crippen LogP contribution in [0.15, 0.2) is 54.6 Å². The van der Waals surface area contributed by atoms with Crippen molar-refractivity contribution in [3.63, 3.8) is 0 Å². The van der Waals surface area contributed by atoms with Crippen LogP contribution in [-0.4, -0.2) is 6.54 Å². The second-order valence-electron chi connectivity index (χ2n) is 6.98. The zero-order chi connectivity index (χ0) is 16.6. The molecular formula is C22H29NO. The number of nitrogens with one attached hydrogen (secondary N) is 1. The van der Waals surface area contributed by atoms with Crippen LogP contribution in [0.5, 0.6) is 5.75 Å². The lowest BCUT2D eigenvalue weighted by Crippen LogP contribution is -2.27. The maximum absolute atomic E-state index is 5.86. The summed E-state index contributed by atoms with van der Waals surface area (Å²) in [5.41, 5.74) is 2.53. The van der Waals surface area contributed by atoms with Crippen LogP contribution in [0.25, 0.3) is 0 Å². The zero-order valence-electron chi connectivity index (χ0n) is 14.7. The molecule has 0 heterocycles. The van der Waals surface area contributed by atoms with E-state index in [9.17, 15) is 0 Å². The summed E-state index contributed by atoms with van der Waals surface area (Å²) >= 11 is 0. The van der Waals surface area contributed by atoms with E-state index in [1.54, 1.807) is 0 Å². The van der Waals surface area contributed by atoms with E-state index in [1.807, 2.05) is 18.2 Å². The lowest BCUT2D eigenvalue weighted by molar-refractivity contribution is 0.306. The highest BCUT2D eigenvalue weighted by atomic mass is 16.5. The number of ether oxygens (including phenoxy) is 1. The van der Waals surface area contributed by atoms with Gasteiger partial charge in [0.05, 0.1) is 0 Å². The van der Waals surface area contributed by atoms with Crippen molar-refractivity contribution in [2.75, 3.05) is 6.54 Å². The summed E-state index contributed by atoms with van der Waals surface area (Å²) in [6.07, 6.45) is 7.04. The molecule has 0 aromatic heterocycles. The molecule has 0 saturated heterocycles. The lowest BCUT2D eigenvalue weighted by atomic mass is 9.89. The molecule has 0 radical (unpaired) electrons. The molecular weight excluding hydrogens is 294 g/mol. The molecule has 24 heavy (non-hydrogen) atoms. The van der Waals surface area contributed by atoms with Crippen molar-refractivity contribution in [1.29, 1.82) is 0 Å². The number of hydrogen-bond donors (Lipinski definition) is 1. The Morgan fingerprint density at radius 2 is 1.67 bits per heavy atom. The van der Waals surface area contributed by atoms with E-state index >= 15 is 0 Å². The fraction of sp³-hybridized carbons (Fsp3) is 0.455. The van der Waals surface area contributed by atoms with Crippen LogP contribution >= 0.6 is 0 Å². The van der Waals surface area contributed by atoms with Crippen molar-refractivity contribution >= 4 is 0 Å². The molecule has 1 unspecified atom stereocenters. The molecule has 0 bridgehead atoms. The van der Waals surface area contributed by atoms with Crippen LogP contribution < -0.4 is 10.1 Å². The van der Waals surface area contributed by atoms with E-state index in [-0.39, 0.29) is 0 Å². The third kappa shape index (κ3) is 5.10. The van der Waals surface area contributed by atoms with Gasteiger partial charge in [-0.25, -0.2) is 0 Å². The minimum Gasteiger partial charge on any atom is -0.489 e. The molecule has 0 amide bonds. The van der Waals surface area contributed by atoms with Gasteiger partial charge in [-0.05, 0) is 55.5 Å². The fourth-order valence-corrected chi connectivity index (χ4v) is 3.45. The predicted octanol–water partition coefficient (Wildman–Crippen LogP) is 5.50. The predicted molar refractivity (Wildman–Crippen MR) is 100 cm³/mol. The van der Waals surface area contributed by atoms with Gasteiger partial charge in [0.15, 0.2) is 0 Å². The smallest absolute Gasteiger partial charge is 0.119 e. The van der Waals surface area contributed by atoms with E-state index in [1.165, 1.54) is 43.2 Å². The Morgan fingerprint density at radius 1 is 0.958 bits per heavy atom. The van der Waals surface area contributed by atoms with Gasteiger partial charge in [-0.3, -0.25) is 0 Å². The summed E-state index contributed by atoms with van der Waals surface area (Å²) in [5.74, 6) is 1.80. The molecule has 2 aromatic rings. The molecule has 2 nitrogen and oxygen atoms in total. The van der Waals surface area contributed by atoms with Crippen molar-refractivity contribution < 1.29 is 4.74 Å². The maximum atomic E-state index is 5.86. The van der Waals surface area contributed by atoms with E-state index < -0.39 is 0 Å². The van der Waals surface area contributed by atoms with E-state index in [2.05, 4.69) is 48.6 Å². The Hall–Kier alpha value is -1.80. The molecule has 2 aromatic carbocycles. The number of rotatable bonds is 7. The number of hydrogen-bond acceptors (Lipinski definition) is 2. The van der Waals surface area contributed by atoms with E-state index in [4.69, 9.17) is 4.74 Å². The van der Waals surface area contributed by atoms with Crippen LogP contribution in [0.4, 0.5) is 0 Å². The molecule has 128 valence electrons. The van der Waals surface area contributed by atoms with Crippen LogP contribution in [0, 0.1) is 5.92 Å². The average Bonchev–Trinajstić information content (AvgIpc) is 2.66. The lowest BCUT2D eigenvalue weighted by Gasteiger charge is -2.24. The van der Waals surface area contributed by atoms with Gasteiger partial charge >= 0.3 is 0 Å². The normalized spacial score (nSPS) is 16.7. The summed E-state index contributed by atoms with van der Waals surface area (Å²) in [7, 11) is 0. The monoisotopic (exact) mass is 323 g/mol. The summed E-state index contributed by atoms with van der Waals surface area (Å²) in [6.45, 7) is 4.02. The second-order valence-corrected chi connectivity index (χ2v) is 6.98. The SMILES string of the molecule is CC(NCC1CCCCC1)c1ccc(OCc2ccccc2)cc1. The van der Waals surface area contributed by atoms with Gasteiger partial charge in [-0.2, -0.15) is 0 Å². The highest BCUT2D eigenvalue weighted by Gasteiger charge is 2.14. The van der Waals surface area contributed by atoms with Gasteiger partial charge in [-0.1, -0.05) is 61.7 Å². The van der Waals surface area contributed by atoms with Gasteiger partial charge in [0, 0.05) is 6.04 Å². The van der Waals surface area contributed by atoms with Gasteiger partial charge in [0.2, 0.25) is 0 Å². The highest BCUT2D eigenvalue weighted by molar-refractivity contribution is 5.29. The molecule has 0 aliphatic heterocycles. The first kappa shape index (κ1) is 17.0. The molecule has 1 aliphatic carbocycles. The molecule has 1 fully saturated rings. The van der Waals surface area contributed by atoms with Crippen LogP contribution in [0.2, 0.25) is 0 Å². The standard InChI is InChI=1S/C22H29NO/c1-18(23-16-19-8-4-2-5-9-19)21-12-14-22(15-13-21)24-17-20-10-6-3-7-11-20/h3,6-7,10-15,18-19,23H,2,4-5,8-9,16-17H2,1H3. The van der Waals surface area contributed by atoms with Crippen LogP contribution in [0.3, 0.4) is 0 Å². The van der Waals surface area contributed by atoms with E-state index in [0.29, 0.717) is 12.6 Å². The van der Waals surface area contributed by atoms with Crippen molar-refractivity contribution in [2.24, 2.45) is 5.92 Å². The molecule has 3 rings (SSSR count). The summed E-state index contributed by atoms with van der Waals surface area (Å²) in [4.78, 5) is 0. The number of benzene rings is 2. The van der Waals surface area contributed by atoms with Gasteiger partial charge in [0.1, 0.15) is 12.4 Å². The molecule has 2 heteroatoms. The fourth-order valence-electron chi connectivity index (χ4n) is 3.45. The van der Waals surface area contributed by atoms with Gasteiger partial charge in [-0.15, -0.1) is 0 Å². The van der Waals surface area contributed by atoms with Gasteiger partial charge < -0.3 is 10.1 Å². The van der Waals surface area contributed by atoms with Crippen molar-refractivity contribution in [1.82, 2.24) is 5.32 Å². The van der Waals surface area contributed by atoms with Crippen LogP contribution in [-0.2, 0) is 6.61 Å². The first-order valence-electron chi connectivity index (χ1n) is 9.31. The molecule has 1 saturated carbocycles. The quantitative estimate of drug-likeness (QED) is 0.727. The minimum atomic E-state index is 0.398. The molecule has 1 N–H and O–H groups in total. The average molecular weight is 323 g/mol. The Balaban J connectivity index is 1.46. The highest BCUT2D eigenvalue weighted by Crippen LogP contribution is 2.24. The van der Waals surface area contributed by atoms with Crippen LogP contribution in [0.1, 0.15) is 56.2 Å². The minimum absolute atomic E-state index is 0.398. The van der Waals surface area contributed by atoms with Crippen molar-refractivity contribution in [2.45, 2.75) is 51.7 Å². The Kier molecular flexibility index (Phi) is 6.31. The topological polar surface area (TPSA) is 21.3 Å². The largest absolute Gasteiger partial charge is 0.489 e. The Morgan fingerprint density at radius 3 is 2.38 bits per heavy atom. The Bertz CT molecular complexity index is 587. The van der Waals surface area contributed by atoms with Crippen molar-refractivity contribution in [3.8, 4) is 5.75 Å². The third-order valence-corrected chi connectivity index (χ3v) is 5.07. The molecule has 1 atom stereocenters. The van der Waals surface area contributed by atoms with E-state index in [0.717, 1.165) is 18.2 Å². The molecule has 0 spiro atoms. The molecule has 1 aliphatic rings. The summed E-state index contributed by atoms with van der Waals surface area (Å²) < 4.78 is 5.86. The first-order chi connectivity index (χ1) is 11.8. The summed E-state index contributed by atoms with van der Waals surface area (Å²) in [5, 5.41) is 3.71. The first-order valence-corrected chi connectivity index (χ1v) is 9.31. The summed E-state index contributed by atoms with van der Waals surface area (Å²) in [6, 6.07) is 19.2. The van der Waals surface area contributed by atoms with Crippen molar-refractivity contribution in [3.05, 3.63) is 65.7 Å². The maximum Gasteiger partial charge on any atom is 0.119 e. The second kappa shape index (κ2) is 8.89. The Labute approximate surface area is 146 Å². The zero-order valence-corrected chi connectivity index (χ0v) is 14.7.